The largest absolute Gasteiger partial charge is 0.349 e. The van der Waals surface area contributed by atoms with E-state index in [0.717, 1.165) is 36.9 Å². The molecular weight excluding hydrogens is 274 g/mol. The van der Waals surface area contributed by atoms with Crippen molar-refractivity contribution in [3.63, 3.8) is 0 Å². The van der Waals surface area contributed by atoms with Crippen molar-refractivity contribution in [3.05, 3.63) is 59.7 Å². The number of amides is 1. The van der Waals surface area contributed by atoms with Crippen LogP contribution < -0.4 is 5.32 Å². The molecule has 2 aliphatic rings. The number of nitrogens with zero attached hydrogens (tertiary/aromatic N) is 2. The molecule has 1 amide bonds. The molecule has 22 heavy (non-hydrogen) atoms. The van der Waals surface area contributed by atoms with E-state index in [0.29, 0.717) is 5.92 Å². The molecule has 1 N–H and O–H groups in total. The summed E-state index contributed by atoms with van der Waals surface area (Å²) in [5, 5.41) is 3.22. The van der Waals surface area contributed by atoms with Gasteiger partial charge in [-0.25, -0.2) is 9.97 Å². The molecule has 4 nitrogen and oxygen atoms in total. The lowest BCUT2D eigenvalue weighted by Crippen LogP contribution is -2.32. The zero-order valence-corrected chi connectivity index (χ0v) is 12.4. The molecule has 1 aromatic carbocycles. The van der Waals surface area contributed by atoms with Gasteiger partial charge in [-0.3, -0.25) is 4.79 Å². The van der Waals surface area contributed by atoms with E-state index in [9.17, 15) is 4.79 Å². The lowest BCUT2D eigenvalue weighted by molar-refractivity contribution is -0.123. The lowest BCUT2D eigenvalue weighted by atomic mass is 9.92. The average Bonchev–Trinajstić information content (AvgIpc) is 3.37. The van der Waals surface area contributed by atoms with E-state index in [1.165, 1.54) is 5.56 Å². The van der Waals surface area contributed by atoms with Gasteiger partial charge in [0.2, 0.25) is 5.91 Å². The van der Waals surface area contributed by atoms with Crippen LogP contribution in [0.3, 0.4) is 0 Å². The number of fused-ring (bicyclic) bond motifs is 1. The SMILES string of the molecule is O=C(N[C@@H]1CCCc2ncncc21)[C@@H]1C[C@H]1c1ccccc1. The second kappa shape index (κ2) is 5.52. The predicted molar refractivity (Wildman–Crippen MR) is 83.1 cm³/mol. The summed E-state index contributed by atoms with van der Waals surface area (Å²) in [7, 11) is 0. The highest BCUT2D eigenvalue weighted by molar-refractivity contribution is 5.83. The molecule has 0 aliphatic heterocycles. The Morgan fingerprint density at radius 3 is 2.95 bits per heavy atom. The zero-order valence-electron chi connectivity index (χ0n) is 12.4. The van der Waals surface area contributed by atoms with Crippen LogP contribution in [0.25, 0.3) is 0 Å². The molecule has 1 fully saturated rings. The Balaban J connectivity index is 1.44. The number of nitrogens with one attached hydrogen (secondary N) is 1. The highest BCUT2D eigenvalue weighted by Gasteiger charge is 2.44. The summed E-state index contributed by atoms with van der Waals surface area (Å²) in [5.74, 6) is 0.684. The summed E-state index contributed by atoms with van der Waals surface area (Å²) in [6.07, 6.45) is 7.45. The fraction of sp³-hybridized carbons (Fsp3) is 0.389. The topological polar surface area (TPSA) is 54.9 Å². The second-order valence-electron chi connectivity index (χ2n) is 6.24. The Morgan fingerprint density at radius 1 is 1.23 bits per heavy atom. The molecule has 0 radical (unpaired) electrons. The van der Waals surface area contributed by atoms with Crippen LogP contribution in [0.4, 0.5) is 0 Å². The summed E-state index contributed by atoms with van der Waals surface area (Å²) in [4.78, 5) is 21.0. The minimum atomic E-state index is 0.0782. The first-order valence-corrected chi connectivity index (χ1v) is 7.97. The molecule has 2 aliphatic carbocycles. The number of carbonyl (C=O) groups is 1. The predicted octanol–water partition coefficient (Wildman–Crippen LogP) is 2.77. The number of hydrogen-bond donors (Lipinski definition) is 1. The van der Waals surface area contributed by atoms with Crippen molar-refractivity contribution in [2.75, 3.05) is 0 Å². The number of carbonyl (C=O) groups excluding carboxylic acids is 1. The lowest BCUT2D eigenvalue weighted by Gasteiger charge is -2.25. The van der Waals surface area contributed by atoms with Crippen LogP contribution in [0.5, 0.6) is 0 Å². The van der Waals surface area contributed by atoms with E-state index in [-0.39, 0.29) is 17.9 Å². The fourth-order valence-corrected chi connectivity index (χ4v) is 3.48. The Labute approximate surface area is 130 Å². The van der Waals surface area contributed by atoms with Crippen molar-refractivity contribution in [1.29, 1.82) is 0 Å². The van der Waals surface area contributed by atoms with Crippen molar-refractivity contribution >= 4 is 5.91 Å². The van der Waals surface area contributed by atoms with Gasteiger partial charge in [0.1, 0.15) is 6.33 Å². The van der Waals surface area contributed by atoms with Crippen LogP contribution >= 0.6 is 0 Å². The Hall–Kier alpha value is -2.23. The number of hydrogen-bond acceptors (Lipinski definition) is 3. The van der Waals surface area contributed by atoms with Gasteiger partial charge >= 0.3 is 0 Å². The van der Waals surface area contributed by atoms with Gasteiger partial charge in [0.25, 0.3) is 0 Å². The van der Waals surface area contributed by atoms with E-state index >= 15 is 0 Å². The summed E-state index contributed by atoms with van der Waals surface area (Å²) in [6, 6.07) is 10.4. The van der Waals surface area contributed by atoms with Gasteiger partial charge < -0.3 is 5.32 Å². The first-order valence-electron chi connectivity index (χ1n) is 7.97. The van der Waals surface area contributed by atoms with Crippen molar-refractivity contribution in [3.8, 4) is 0 Å². The minimum absolute atomic E-state index is 0.0782. The molecule has 0 unspecified atom stereocenters. The van der Waals surface area contributed by atoms with E-state index in [1.807, 2.05) is 24.4 Å². The maximum atomic E-state index is 12.5. The Morgan fingerprint density at radius 2 is 2.09 bits per heavy atom. The summed E-state index contributed by atoms with van der Waals surface area (Å²) < 4.78 is 0. The maximum Gasteiger partial charge on any atom is 0.224 e. The Bertz CT molecular complexity index is 686. The molecular formula is C18H19N3O. The van der Waals surface area contributed by atoms with E-state index in [1.54, 1.807) is 6.33 Å². The van der Waals surface area contributed by atoms with Gasteiger partial charge in [-0.1, -0.05) is 30.3 Å². The van der Waals surface area contributed by atoms with Crippen molar-refractivity contribution in [2.24, 2.45) is 5.92 Å². The Kier molecular flexibility index (Phi) is 3.37. The normalized spacial score (nSPS) is 26.1. The van der Waals surface area contributed by atoms with Crippen LogP contribution in [-0.2, 0) is 11.2 Å². The molecule has 2 aromatic rings. The number of benzene rings is 1. The average molecular weight is 293 g/mol. The molecule has 112 valence electrons. The van der Waals surface area contributed by atoms with Crippen LogP contribution in [0, 0.1) is 5.92 Å². The third kappa shape index (κ3) is 2.49. The number of aryl methyl sites for hydroxylation is 1. The highest BCUT2D eigenvalue weighted by atomic mass is 16.2. The van der Waals surface area contributed by atoms with Crippen LogP contribution in [0.15, 0.2) is 42.9 Å². The monoisotopic (exact) mass is 293 g/mol. The second-order valence-corrected chi connectivity index (χ2v) is 6.24. The maximum absolute atomic E-state index is 12.5. The van der Waals surface area contributed by atoms with E-state index in [2.05, 4.69) is 27.4 Å². The third-order valence-corrected chi connectivity index (χ3v) is 4.78. The quantitative estimate of drug-likeness (QED) is 0.946. The molecule has 4 rings (SSSR count). The number of aromatic nitrogens is 2. The molecule has 1 heterocycles. The molecule has 1 saturated carbocycles. The zero-order chi connectivity index (χ0) is 14.9. The van der Waals surface area contributed by atoms with Crippen molar-refractivity contribution in [1.82, 2.24) is 15.3 Å². The van der Waals surface area contributed by atoms with Crippen molar-refractivity contribution in [2.45, 2.75) is 37.6 Å². The molecule has 0 bridgehead atoms. The molecule has 0 saturated heterocycles. The molecule has 3 atom stereocenters. The smallest absolute Gasteiger partial charge is 0.224 e. The summed E-state index contributed by atoms with van der Waals surface area (Å²) >= 11 is 0. The van der Waals surface area contributed by atoms with Gasteiger partial charge in [0.05, 0.1) is 6.04 Å². The van der Waals surface area contributed by atoms with E-state index in [4.69, 9.17) is 0 Å². The first-order chi connectivity index (χ1) is 10.8. The van der Waals surface area contributed by atoms with Gasteiger partial charge in [-0.05, 0) is 37.2 Å². The molecule has 0 spiro atoms. The third-order valence-electron chi connectivity index (χ3n) is 4.78. The van der Waals surface area contributed by atoms with Gasteiger partial charge in [0, 0.05) is 23.4 Å². The van der Waals surface area contributed by atoms with Gasteiger partial charge in [-0.15, -0.1) is 0 Å². The van der Waals surface area contributed by atoms with Crippen LogP contribution in [-0.4, -0.2) is 15.9 Å². The van der Waals surface area contributed by atoms with Crippen LogP contribution in [0.2, 0.25) is 0 Å². The summed E-state index contributed by atoms with van der Waals surface area (Å²) in [5.41, 5.74) is 3.45. The van der Waals surface area contributed by atoms with Crippen molar-refractivity contribution < 1.29 is 4.79 Å². The first kappa shape index (κ1) is 13.4. The van der Waals surface area contributed by atoms with Crippen LogP contribution in [0.1, 0.15) is 48.0 Å². The standard InChI is InChI=1S/C18H19N3O/c22-18(14-9-13(14)12-5-2-1-3-6-12)21-17-8-4-7-16-15(17)10-19-11-20-16/h1-3,5-6,10-11,13-14,17H,4,7-9H2,(H,21,22)/t13-,14+,17+/m0/s1. The van der Waals surface area contributed by atoms with E-state index < -0.39 is 0 Å². The number of rotatable bonds is 3. The van der Waals surface area contributed by atoms with Gasteiger partial charge in [0.15, 0.2) is 0 Å². The molecule has 1 aromatic heterocycles. The highest BCUT2D eigenvalue weighted by Crippen LogP contribution is 2.47. The summed E-state index contributed by atoms with van der Waals surface area (Å²) in [6.45, 7) is 0. The van der Waals surface area contributed by atoms with Gasteiger partial charge in [-0.2, -0.15) is 0 Å². The fourth-order valence-electron chi connectivity index (χ4n) is 3.48. The minimum Gasteiger partial charge on any atom is -0.349 e. The molecule has 4 heteroatoms.